The van der Waals surface area contributed by atoms with Crippen molar-refractivity contribution in [3.05, 3.63) is 146 Å². The highest BCUT2D eigenvalue weighted by Gasteiger charge is 2.17. The van der Waals surface area contributed by atoms with Crippen molar-refractivity contribution in [3.63, 3.8) is 0 Å². The Bertz CT molecular complexity index is 2020. The summed E-state index contributed by atoms with van der Waals surface area (Å²) in [6, 6.07) is 45.5. The highest BCUT2D eigenvalue weighted by molar-refractivity contribution is 14.1. The average molecular weight is 685 g/mol. The van der Waals surface area contributed by atoms with Gasteiger partial charge in [0, 0.05) is 34.9 Å². The van der Waals surface area contributed by atoms with Gasteiger partial charge in [-0.15, -0.1) is 0 Å². The standard InChI is InChI=1S/C36H24N6.HIO/c1-3-9-29(10-4-1)41-33(39-31-13-7-23-37-35(31)41)27-19-15-25(16-20-27)26-17-21-28(22-18-26)34-40-32-14-8-24-38-36(32)42(34)30-11-5-2-6-12-30;1-2/h1-24H;2H. The van der Waals surface area contributed by atoms with E-state index in [2.05, 4.69) is 91.9 Å². The van der Waals surface area contributed by atoms with Crippen molar-refractivity contribution in [2.75, 3.05) is 0 Å². The first kappa shape index (κ1) is 27.6. The number of pyridine rings is 2. The fourth-order valence-electron chi connectivity index (χ4n) is 5.48. The number of benzene rings is 4. The molecule has 0 amide bonds. The number of hydrogen-bond donors (Lipinski definition) is 1. The van der Waals surface area contributed by atoms with Crippen molar-refractivity contribution < 1.29 is 3.44 Å². The molecule has 8 heteroatoms. The van der Waals surface area contributed by atoms with Gasteiger partial charge in [0.15, 0.2) is 11.3 Å². The van der Waals surface area contributed by atoms with E-state index in [9.17, 15) is 0 Å². The molecule has 0 radical (unpaired) electrons. The minimum absolute atomic E-state index is 0.843. The summed E-state index contributed by atoms with van der Waals surface area (Å²) in [6.07, 6.45) is 3.62. The summed E-state index contributed by atoms with van der Waals surface area (Å²) in [5.41, 5.74) is 9.80. The summed E-state index contributed by atoms with van der Waals surface area (Å²) in [5, 5.41) is 0. The molecule has 0 fully saturated rings. The lowest BCUT2D eigenvalue weighted by Crippen LogP contribution is -1.98. The zero-order chi connectivity index (χ0) is 29.9. The number of rotatable bonds is 5. The third-order valence-corrected chi connectivity index (χ3v) is 7.48. The Labute approximate surface area is 267 Å². The van der Waals surface area contributed by atoms with Crippen molar-refractivity contribution in [1.82, 2.24) is 29.1 Å². The van der Waals surface area contributed by atoms with Crippen LogP contribution in [0.25, 0.3) is 67.6 Å². The molecular formula is C36H25IN6O. The predicted octanol–water partition coefficient (Wildman–Crippen LogP) is 8.48. The van der Waals surface area contributed by atoms with Crippen LogP contribution >= 0.6 is 23.0 Å². The molecule has 4 heterocycles. The third-order valence-electron chi connectivity index (χ3n) is 7.48. The fourth-order valence-corrected chi connectivity index (χ4v) is 5.48. The zero-order valence-corrected chi connectivity index (χ0v) is 25.5. The second-order valence-electron chi connectivity index (χ2n) is 10.1. The number of aromatic nitrogens is 6. The molecule has 0 unspecified atom stereocenters. The molecule has 1 N–H and O–H groups in total. The Morgan fingerprint density at radius 2 is 0.773 bits per heavy atom. The lowest BCUT2D eigenvalue weighted by molar-refractivity contribution is 0.748. The number of hydrogen-bond acceptors (Lipinski definition) is 5. The van der Waals surface area contributed by atoms with E-state index in [4.69, 9.17) is 13.4 Å². The summed E-state index contributed by atoms with van der Waals surface area (Å²) in [7, 11) is 0. The van der Waals surface area contributed by atoms with Crippen LogP contribution in [0.4, 0.5) is 0 Å². The van der Waals surface area contributed by atoms with Gasteiger partial charge in [-0.05, 0) is 59.7 Å². The monoisotopic (exact) mass is 684 g/mol. The quantitative estimate of drug-likeness (QED) is 0.184. The molecule has 4 aromatic heterocycles. The molecule has 0 saturated carbocycles. The number of halogens is 1. The van der Waals surface area contributed by atoms with Crippen LogP contribution in [0, 0.1) is 0 Å². The van der Waals surface area contributed by atoms with Crippen LogP contribution in [-0.4, -0.2) is 32.5 Å². The second kappa shape index (κ2) is 12.2. The second-order valence-corrected chi connectivity index (χ2v) is 10.1. The van der Waals surface area contributed by atoms with Crippen molar-refractivity contribution in [2.24, 2.45) is 0 Å². The van der Waals surface area contributed by atoms with E-state index in [-0.39, 0.29) is 0 Å². The number of fused-ring (bicyclic) bond motifs is 2. The van der Waals surface area contributed by atoms with Gasteiger partial charge < -0.3 is 3.44 Å². The van der Waals surface area contributed by atoms with E-state index < -0.39 is 0 Å². The summed E-state index contributed by atoms with van der Waals surface area (Å²) in [6.45, 7) is 0. The Balaban J connectivity index is 0.00000153. The molecule has 8 rings (SSSR count). The van der Waals surface area contributed by atoms with Gasteiger partial charge in [-0.25, -0.2) is 19.9 Å². The van der Waals surface area contributed by atoms with E-state index in [1.165, 1.54) is 0 Å². The molecule has 0 spiro atoms. The Morgan fingerprint density at radius 1 is 0.409 bits per heavy atom. The van der Waals surface area contributed by atoms with Crippen molar-refractivity contribution in [1.29, 1.82) is 0 Å². The molecular weight excluding hydrogens is 659 g/mol. The maximum atomic E-state index is 6.97. The lowest BCUT2D eigenvalue weighted by atomic mass is 10.0. The van der Waals surface area contributed by atoms with Crippen LogP contribution in [0.15, 0.2) is 146 Å². The molecule has 212 valence electrons. The van der Waals surface area contributed by atoms with Crippen molar-refractivity contribution in [2.45, 2.75) is 0 Å². The van der Waals surface area contributed by atoms with Crippen LogP contribution in [0.1, 0.15) is 0 Å². The molecule has 0 aliphatic rings. The Hall–Kier alpha value is -5.19. The Kier molecular flexibility index (Phi) is 7.66. The third kappa shape index (κ3) is 5.04. The lowest BCUT2D eigenvalue weighted by Gasteiger charge is -2.11. The van der Waals surface area contributed by atoms with Crippen LogP contribution in [0.5, 0.6) is 0 Å². The summed E-state index contributed by atoms with van der Waals surface area (Å²) in [5.74, 6) is 1.73. The van der Waals surface area contributed by atoms with Gasteiger partial charge in [0.1, 0.15) is 45.7 Å². The van der Waals surface area contributed by atoms with Gasteiger partial charge in [0.2, 0.25) is 0 Å². The summed E-state index contributed by atoms with van der Waals surface area (Å²) >= 11 is 1.15. The zero-order valence-electron chi connectivity index (χ0n) is 23.4. The fraction of sp³-hybridized carbons (Fsp3) is 0. The predicted molar refractivity (Wildman–Crippen MR) is 184 cm³/mol. The largest absolute Gasteiger partial charge is 0.331 e. The van der Waals surface area contributed by atoms with E-state index in [1.54, 1.807) is 0 Å². The molecule has 0 aliphatic carbocycles. The highest BCUT2D eigenvalue weighted by Crippen LogP contribution is 2.32. The topological polar surface area (TPSA) is 81.6 Å². The smallest absolute Gasteiger partial charge is 0.164 e. The van der Waals surface area contributed by atoms with Gasteiger partial charge >= 0.3 is 0 Å². The van der Waals surface area contributed by atoms with E-state index in [0.29, 0.717) is 0 Å². The Morgan fingerprint density at radius 3 is 1.16 bits per heavy atom. The molecule has 0 bridgehead atoms. The first-order valence-electron chi connectivity index (χ1n) is 14.0. The van der Waals surface area contributed by atoms with Crippen molar-refractivity contribution >= 4 is 45.3 Å². The average Bonchev–Trinajstić information content (AvgIpc) is 3.70. The van der Waals surface area contributed by atoms with Crippen LogP contribution in [0.2, 0.25) is 0 Å². The molecule has 0 saturated heterocycles. The van der Waals surface area contributed by atoms with E-state index in [1.807, 2.05) is 73.1 Å². The maximum Gasteiger partial charge on any atom is 0.164 e. The number of para-hydroxylation sites is 2. The molecule has 8 aromatic rings. The molecule has 44 heavy (non-hydrogen) atoms. The molecule has 0 aliphatic heterocycles. The number of nitrogens with zero attached hydrogens (tertiary/aromatic N) is 6. The molecule has 7 nitrogen and oxygen atoms in total. The normalized spacial score (nSPS) is 11.0. The summed E-state index contributed by atoms with van der Waals surface area (Å²) in [4.78, 5) is 19.2. The van der Waals surface area contributed by atoms with Crippen LogP contribution in [0.3, 0.4) is 0 Å². The van der Waals surface area contributed by atoms with Gasteiger partial charge in [0.25, 0.3) is 0 Å². The van der Waals surface area contributed by atoms with E-state index >= 15 is 0 Å². The molecule has 4 aromatic carbocycles. The maximum absolute atomic E-state index is 6.97. The van der Waals surface area contributed by atoms with Gasteiger partial charge in [0.05, 0.1) is 0 Å². The van der Waals surface area contributed by atoms with Crippen LogP contribution in [-0.2, 0) is 0 Å². The van der Waals surface area contributed by atoms with Gasteiger partial charge in [-0.1, -0.05) is 84.9 Å². The number of imidazole rings is 2. The van der Waals surface area contributed by atoms with E-state index in [0.717, 1.165) is 90.6 Å². The van der Waals surface area contributed by atoms with Gasteiger partial charge in [-0.2, -0.15) is 0 Å². The first-order valence-corrected chi connectivity index (χ1v) is 15.0. The minimum atomic E-state index is 0.843. The first-order chi connectivity index (χ1) is 21.8. The summed E-state index contributed by atoms with van der Waals surface area (Å²) < 4.78 is 11.2. The highest BCUT2D eigenvalue weighted by atomic mass is 127. The minimum Gasteiger partial charge on any atom is -0.331 e. The molecule has 0 atom stereocenters. The van der Waals surface area contributed by atoms with Crippen LogP contribution < -0.4 is 0 Å². The van der Waals surface area contributed by atoms with Crippen molar-refractivity contribution in [3.8, 4) is 45.3 Å². The SMILES string of the molecule is OI.c1ccc(-n2c(-c3ccc(-c4ccc(-c5nc6cccnc6n5-c5ccccc5)cc4)cc3)nc3cccnc32)cc1. The van der Waals surface area contributed by atoms with Gasteiger partial charge in [-0.3, -0.25) is 9.13 Å².